The third kappa shape index (κ3) is 5.82. The maximum atomic E-state index is 13.1. The summed E-state index contributed by atoms with van der Waals surface area (Å²) in [6.07, 6.45) is 4.36. The van der Waals surface area contributed by atoms with Crippen LogP contribution in [0.5, 0.6) is 0 Å². The molecule has 1 fully saturated rings. The summed E-state index contributed by atoms with van der Waals surface area (Å²) in [5.41, 5.74) is 2.24. The second-order valence-corrected chi connectivity index (χ2v) is 9.80. The molecule has 0 unspecified atom stereocenters. The van der Waals surface area contributed by atoms with Crippen LogP contribution in [0.25, 0.3) is 11.0 Å². The third-order valence-electron chi connectivity index (χ3n) is 5.74. The molecule has 176 valence electrons. The van der Waals surface area contributed by atoms with E-state index < -0.39 is 22.2 Å². The number of rotatable bonds is 9. The Bertz CT molecular complexity index is 1250. The van der Waals surface area contributed by atoms with Crippen molar-refractivity contribution in [1.82, 2.24) is 14.3 Å². The molecule has 10 heteroatoms. The molecule has 0 spiro atoms. The highest BCUT2D eigenvalue weighted by Crippen LogP contribution is 2.24. The van der Waals surface area contributed by atoms with E-state index in [9.17, 15) is 18.0 Å². The number of hydrogen-bond donors (Lipinski definition) is 3. The van der Waals surface area contributed by atoms with Gasteiger partial charge in [0.25, 0.3) is 0 Å². The van der Waals surface area contributed by atoms with Crippen molar-refractivity contribution in [2.24, 2.45) is 0 Å². The lowest BCUT2D eigenvalue weighted by Gasteiger charge is -2.33. The van der Waals surface area contributed by atoms with Gasteiger partial charge in [0.15, 0.2) is 0 Å². The van der Waals surface area contributed by atoms with Gasteiger partial charge in [-0.3, -0.25) is 9.52 Å². The van der Waals surface area contributed by atoms with Gasteiger partial charge in [-0.15, -0.1) is 0 Å². The smallest absolute Gasteiger partial charge is 0.324 e. The van der Waals surface area contributed by atoms with Crippen molar-refractivity contribution in [2.75, 3.05) is 17.9 Å². The lowest BCUT2D eigenvalue weighted by atomic mass is 10.1. The van der Waals surface area contributed by atoms with E-state index in [1.165, 1.54) is 15.9 Å². The number of aryl methyl sites for hydroxylation is 1. The minimum atomic E-state index is -3.98. The van der Waals surface area contributed by atoms with Gasteiger partial charge in [0.1, 0.15) is 6.04 Å². The van der Waals surface area contributed by atoms with Gasteiger partial charge in [0.2, 0.25) is 0 Å². The number of hydrogen-bond acceptors (Lipinski definition) is 5. The fourth-order valence-corrected chi connectivity index (χ4v) is 5.51. The lowest BCUT2D eigenvalue weighted by molar-refractivity contribution is -0.149. The summed E-state index contributed by atoms with van der Waals surface area (Å²) in [5, 5.41) is 0. The second kappa shape index (κ2) is 10.2. The first-order valence-electron chi connectivity index (χ1n) is 11.1. The predicted molar refractivity (Wildman–Crippen MR) is 126 cm³/mol. The van der Waals surface area contributed by atoms with E-state index in [-0.39, 0.29) is 18.8 Å². The van der Waals surface area contributed by atoms with Crippen LogP contribution < -0.4 is 10.4 Å². The normalized spacial score (nSPS) is 17.2. The zero-order valence-corrected chi connectivity index (χ0v) is 19.1. The third-order valence-corrected chi connectivity index (χ3v) is 7.29. The Kier molecular flexibility index (Phi) is 7.14. The number of aromatic nitrogens is 2. The molecule has 0 saturated carbocycles. The average molecular weight is 473 g/mol. The minimum Gasteiger partial charge on any atom is -0.464 e. The quantitative estimate of drug-likeness (QED) is 0.326. The number of aromatic amines is 2. The molecule has 1 saturated heterocycles. The molecule has 33 heavy (non-hydrogen) atoms. The predicted octanol–water partition coefficient (Wildman–Crippen LogP) is 2.93. The standard InChI is InChI=1S/C23H28N4O5S/c28-22(32-15-7-5-10-17-8-2-1-3-9-17)21-11-4-6-14-27(21)33(30,31)26-18-12-13-19-20(16-18)25-23(29)24-19/h1-3,8-9,12-13,16,21,26H,4-7,10-11,14-15H2,(H2,24,25,29)/t21-/m1/s1. The summed E-state index contributed by atoms with van der Waals surface area (Å²) in [7, 11) is -3.98. The van der Waals surface area contributed by atoms with E-state index in [2.05, 4.69) is 26.8 Å². The number of esters is 1. The highest BCUT2D eigenvalue weighted by molar-refractivity contribution is 7.90. The monoisotopic (exact) mass is 472 g/mol. The SMILES string of the molecule is O=C(OCCCCc1ccccc1)[C@H]1CCCCN1S(=O)(=O)Nc1ccc2[nH]c(=O)[nH]c2c1. The molecule has 1 aromatic heterocycles. The number of piperidine rings is 1. The Morgan fingerprint density at radius 2 is 1.85 bits per heavy atom. The number of imidazole rings is 1. The number of H-pyrrole nitrogens is 2. The number of nitrogens with zero attached hydrogens (tertiary/aromatic N) is 1. The number of carbonyl (C=O) groups is 1. The van der Waals surface area contributed by atoms with Crippen LogP contribution in [0.2, 0.25) is 0 Å². The number of ether oxygens (including phenoxy) is 1. The van der Waals surface area contributed by atoms with Crippen molar-refractivity contribution < 1.29 is 17.9 Å². The summed E-state index contributed by atoms with van der Waals surface area (Å²) in [5.74, 6) is -0.509. The molecule has 2 heterocycles. The fourth-order valence-electron chi connectivity index (χ4n) is 4.08. The van der Waals surface area contributed by atoms with Crippen LogP contribution in [0.15, 0.2) is 53.3 Å². The maximum absolute atomic E-state index is 13.1. The second-order valence-electron chi connectivity index (χ2n) is 8.18. The van der Waals surface area contributed by atoms with Crippen molar-refractivity contribution in [3.63, 3.8) is 0 Å². The van der Waals surface area contributed by atoms with E-state index >= 15 is 0 Å². The number of anilines is 1. The number of fused-ring (bicyclic) bond motifs is 1. The van der Waals surface area contributed by atoms with Gasteiger partial charge < -0.3 is 14.7 Å². The molecule has 1 aliphatic rings. The molecule has 0 bridgehead atoms. The Hall–Kier alpha value is -3.11. The van der Waals surface area contributed by atoms with Gasteiger partial charge in [0, 0.05) is 6.54 Å². The van der Waals surface area contributed by atoms with E-state index in [1.54, 1.807) is 12.1 Å². The van der Waals surface area contributed by atoms with Crippen molar-refractivity contribution in [2.45, 2.75) is 44.6 Å². The molecular formula is C23H28N4O5S. The zero-order chi connectivity index (χ0) is 23.3. The summed E-state index contributed by atoms with van der Waals surface area (Å²) in [6, 6.07) is 14.0. The van der Waals surface area contributed by atoms with Crippen LogP contribution in [0.3, 0.4) is 0 Å². The molecular weight excluding hydrogens is 444 g/mol. The van der Waals surface area contributed by atoms with Gasteiger partial charge in [0.05, 0.1) is 23.3 Å². The largest absolute Gasteiger partial charge is 0.464 e. The lowest BCUT2D eigenvalue weighted by Crippen LogP contribution is -2.50. The molecule has 3 aromatic rings. The first kappa shape index (κ1) is 23.1. The summed E-state index contributed by atoms with van der Waals surface area (Å²) in [6.45, 7) is 0.507. The molecule has 0 aliphatic carbocycles. The summed E-state index contributed by atoms with van der Waals surface area (Å²) >= 11 is 0. The van der Waals surface area contributed by atoms with Crippen LogP contribution in [0, 0.1) is 0 Å². The molecule has 3 N–H and O–H groups in total. The van der Waals surface area contributed by atoms with Crippen molar-refractivity contribution in [3.8, 4) is 0 Å². The van der Waals surface area contributed by atoms with E-state index in [4.69, 9.17) is 4.74 Å². The topological polar surface area (TPSA) is 124 Å². The maximum Gasteiger partial charge on any atom is 0.324 e. The van der Waals surface area contributed by atoms with Gasteiger partial charge in [-0.1, -0.05) is 30.3 Å². The molecule has 4 rings (SSSR count). The van der Waals surface area contributed by atoms with E-state index in [1.807, 2.05) is 18.2 Å². The van der Waals surface area contributed by atoms with Gasteiger partial charge in [-0.05, 0) is 62.3 Å². The van der Waals surface area contributed by atoms with Crippen molar-refractivity contribution in [1.29, 1.82) is 0 Å². The summed E-state index contributed by atoms with van der Waals surface area (Å²) in [4.78, 5) is 29.4. The number of carbonyl (C=O) groups excluding carboxylic acids is 1. The molecule has 2 aromatic carbocycles. The fraction of sp³-hybridized carbons (Fsp3) is 0.391. The van der Waals surface area contributed by atoms with Crippen molar-refractivity contribution in [3.05, 3.63) is 64.6 Å². The first-order chi connectivity index (χ1) is 15.9. The Labute approximate surface area is 192 Å². The Morgan fingerprint density at radius 1 is 1.06 bits per heavy atom. The van der Waals surface area contributed by atoms with E-state index in [0.717, 1.165) is 19.3 Å². The van der Waals surface area contributed by atoms with Crippen molar-refractivity contribution >= 4 is 32.9 Å². The minimum absolute atomic E-state index is 0.242. The van der Waals surface area contributed by atoms with Crippen LogP contribution in [-0.4, -0.2) is 47.9 Å². The van der Waals surface area contributed by atoms with Gasteiger partial charge in [-0.25, -0.2) is 4.79 Å². The average Bonchev–Trinajstić information content (AvgIpc) is 3.18. The Balaban J connectivity index is 1.34. The molecule has 0 radical (unpaired) electrons. The van der Waals surface area contributed by atoms with Crippen LogP contribution in [0.4, 0.5) is 5.69 Å². The summed E-state index contributed by atoms with van der Waals surface area (Å²) < 4.78 is 35.3. The zero-order valence-electron chi connectivity index (χ0n) is 18.2. The highest BCUT2D eigenvalue weighted by Gasteiger charge is 2.37. The van der Waals surface area contributed by atoms with Gasteiger partial charge >= 0.3 is 21.9 Å². The Morgan fingerprint density at radius 3 is 2.67 bits per heavy atom. The highest BCUT2D eigenvalue weighted by atomic mass is 32.2. The molecule has 1 atom stereocenters. The van der Waals surface area contributed by atoms with Crippen LogP contribution in [0.1, 0.15) is 37.7 Å². The van der Waals surface area contributed by atoms with Crippen LogP contribution in [-0.2, 0) is 26.2 Å². The number of unbranched alkanes of at least 4 members (excludes halogenated alkanes) is 1. The number of nitrogens with one attached hydrogen (secondary N) is 3. The molecule has 9 nitrogen and oxygen atoms in total. The van der Waals surface area contributed by atoms with Gasteiger partial charge in [-0.2, -0.15) is 12.7 Å². The molecule has 0 amide bonds. The molecule has 1 aliphatic heterocycles. The van der Waals surface area contributed by atoms with Crippen LogP contribution >= 0.6 is 0 Å². The van der Waals surface area contributed by atoms with E-state index in [0.29, 0.717) is 36.0 Å². The first-order valence-corrected chi connectivity index (χ1v) is 12.6. The number of benzene rings is 2.